The van der Waals surface area contributed by atoms with E-state index in [0.717, 1.165) is 22.9 Å². The van der Waals surface area contributed by atoms with Crippen LogP contribution < -0.4 is 15.4 Å². The average Bonchev–Trinajstić information content (AvgIpc) is 2.58. The first-order valence-corrected chi connectivity index (χ1v) is 8.55. The third-order valence-electron chi connectivity index (χ3n) is 3.44. The number of hydrogen-bond donors (Lipinski definition) is 2. The van der Waals surface area contributed by atoms with Gasteiger partial charge in [-0.25, -0.2) is 0 Å². The van der Waals surface area contributed by atoms with Crippen molar-refractivity contribution in [3.05, 3.63) is 24.3 Å². The Balaban J connectivity index is 0.00000264. The summed E-state index contributed by atoms with van der Waals surface area (Å²) in [4.78, 5) is 13.1. The predicted molar refractivity (Wildman–Crippen MR) is 95.7 cm³/mol. The maximum atomic E-state index is 12.0. The fourth-order valence-corrected chi connectivity index (χ4v) is 3.20. The second kappa shape index (κ2) is 10.8. The fraction of sp³-hybridized carbons (Fsp3) is 0.562. The van der Waals surface area contributed by atoms with E-state index in [1.807, 2.05) is 18.2 Å². The van der Waals surface area contributed by atoms with Crippen LogP contribution in [0.2, 0.25) is 0 Å². The van der Waals surface area contributed by atoms with E-state index in [0.29, 0.717) is 25.6 Å². The standard InChI is InChI=1S/C16H24N2O3S.ClH/c1-12(9-18-16(19)14-10-17-7-8-21-14)11-22-15-6-4-3-5-13(15)20-2;/h3-6,12,14,17H,7-11H2,1-2H3,(H,18,19);1H. The highest BCUT2D eigenvalue weighted by molar-refractivity contribution is 7.99. The van der Waals surface area contributed by atoms with Crippen LogP contribution >= 0.6 is 24.2 Å². The van der Waals surface area contributed by atoms with Crippen molar-refractivity contribution in [3.8, 4) is 5.75 Å². The van der Waals surface area contributed by atoms with Gasteiger partial charge in [0.05, 0.1) is 13.7 Å². The Morgan fingerprint density at radius 3 is 3.00 bits per heavy atom. The normalized spacial score (nSPS) is 18.6. The zero-order valence-electron chi connectivity index (χ0n) is 13.5. The number of morpholine rings is 1. The Hall–Kier alpha value is -0.950. The van der Waals surface area contributed by atoms with Gasteiger partial charge in [0.15, 0.2) is 0 Å². The average molecular weight is 361 g/mol. The number of hydrogen-bond acceptors (Lipinski definition) is 5. The molecule has 1 heterocycles. The smallest absolute Gasteiger partial charge is 0.250 e. The maximum Gasteiger partial charge on any atom is 0.250 e. The van der Waals surface area contributed by atoms with E-state index in [1.54, 1.807) is 18.9 Å². The molecule has 1 aliphatic rings. The van der Waals surface area contributed by atoms with Gasteiger partial charge in [0.1, 0.15) is 11.9 Å². The lowest BCUT2D eigenvalue weighted by atomic mass is 10.2. The van der Waals surface area contributed by atoms with Crippen LogP contribution in [0, 0.1) is 5.92 Å². The highest BCUT2D eigenvalue weighted by Crippen LogP contribution is 2.29. The van der Waals surface area contributed by atoms with Crippen molar-refractivity contribution in [2.45, 2.75) is 17.9 Å². The first-order chi connectivity index (χ1) is 10.7. The number of amides is 1. The summed E-state index contributed by atoms with van der Waals surface area (Å²) in [6, 6.07) is 7.98. The van der Waals surface area contributed by atoms with Gasteiger partial charge in [-0.15, -0.1) is 24.2 Å². The van der Waals surface area contributed by atoms with Crippen molar-refractivity contribution in [2.75, 3.05) is 39.1 Å². The SMILES string of the molecule is COc1ccccc1SCC(C)CNC(=O)C1CNCCO1.Cl. The monoisotopic (exact) mass is 360 g/mol. The van der Waals surface area contributed by atoms with Gasteiger partial charge < -0.3 is 20.1 Å². The Bertz CT molecular complexity index is 484. The number of para-hydroxylation sites is 1. The van der Waals surface area contributed by atoms with Gasteiger partial charge >= 0.3 is 0 Å². The van der Waals surface area contributed by atoms with E-state index < -0.39 is 0 Å². The summed E-state index contributed by atoms with van der Waals surface area (Å²) in [7, 11) is 1.68. The molecule has 0 saturated carbocycles. The predicted octanol–water partition coefficient (Wildman–Crippen LogP) is 1.95. The quantitative estimate of drug-likeness (QED) is 0.728. The summed E-state index contributed by atoms with van der Waals surface area (Å²) in [5.41, 5.74) is 0. The van der Waals surface area contributed by atoms with Gasteiger partial charge in [-0.2, -0.15) is 0 Å². The number of rotatable bonds is 7. The van der Waals surface area contributed by atoms with Crippen LogP contribution in [-0.4, -0.2) is 51.1 Å². The van der Waals surface area contributed by atoms with Gasteiger partial charge in [-0.05, 0) is 18.1 Å². The van der Waals surface area contributed by atoms with Gasteiger partial charge in [0.25, 0.3) is 0 Å². The molecule has 0 aliphatic carbocycles. The van der Waals surface area contributed by atoms with Gasteiger partial charge in [-0.3, -0.25) is 4.79 Å². The largest absolute Gasteiger partial charge is 0.496 e. The van der Waals surface area contributed by atoms with E-state index >= 15 is 0 Å². The van der Waals surface area contributed by atoms with Crippen LogP contribution in [0.15, 0.2) is 29.2 Å². The molecule has 0 bridgehead atoms. The van der Waals surface area contributed by atoms with Crippen molar-refractivity contribution in [1.29, 1.82) is 0 Å². The summed E-state index contributed by atoms with van der Waals surface area (Å²) >= 11 is 1.75. The summed E-state index contributed by atoms with van der Waals surface area (Å²) in [6.07, 6.45) is -0.358. The maximum absolute atomic E-state index is 12.0. The topological polar surface area (TPSA) is 59.6 Å². The number of carbonyl (C=O) groups is 1. The van der Waals surface area contributed by atoms with E-state index in [9.17, 15) is 4.79 Å². The molecule has 5 nitrogen and oxygen atoms in total. The van der Waals surface area contributed by atoms with Gasteiger partial charge in [-0.1, -0.05) is 19.1 Å². The number of thioether (sulfide) groups is 1. The van der Waals surface area contributed by atoms with E-state index in [-0.39, 0.29) is 24.4 Å². The Morgan fingerprint density at radius 1 is 1.52 bits per heavy atom. The summed E-state index contributed by atoms with van der Waals surface area (Å²) in [5.74, 6) is 2.16. The van der Waals surface area contributed by atoms with Crippen molar-refractivity contribution in [2.24, 2.45) is 5.92 Å². The molecule has 1 amide bonds. The molecule has 2 rings (SSSR count). The third-order valence-corrected chi connectivity index (χ3v) is 4.82. The van der Waals surface area contributed by atoms with E-state index in [2.05, 4.69) is 23.6 Å². The lowest BCUT2D eigenvalue weighted by Crippen LogP contribution is -2.48. The molecular formula is C16H25ClN2O3S. The number of halogens is 1. The van der Waals surface area contributed by atoms with Crippen molar-refractivity contribution < 1.29 is 14.3 Å². The number of nitrogens with one attached hydrogen (secondary N) is 2. The number of methoxy groups -OCH3 is 1. The zero-order valence-corrected chi connectivity index (χ0v) is 15.2. The van der Waals surface area contributed by atoms with Crippen LogP contribution in [0.3, 0.4) is 0 Å². The van der Waals surface area contributed by atoms with Crippen molar-refractivity contribution in [3.63, 3.8) is 0 Å². The summed E-state index contributed by atoms with van der Waals surface area (Å²) in [5, 5.41) is 6.13. The zero-order chi connectivity index (χ0) is 15.8. The van der Waals surface area contributed by atoms with Gasteiger partial charge in [0, 0.05) is 30.3 Å². The van der Waals surface area contributed by atoms with Crippen LogP contribution in [-0.2, 0) is 9.53 Å². The Morgan fingerprint density at radius 2 is 2.30 bits per heavy atom. The molecule has 1 aliphatic heterocycles. The number of ether oxygens (including phenoxy) is 2. The molecule has 0 spiro atoms. The molecule has 1 aromatic rings. The molecule has 0 aromatic heterocycles. The lowest BCUT2D eigenvalue weighted by Gasteiger charge is -2.23. The van der Waals surface area contributed by atoms with Crippen LogP contribution in [0.5, 0.6) is 5.75 Å². The molecule has 2 atom stereocenters. The minimum atomic E-state index is -0.358. The highest BCUT2D eigenvalue weighted by atomic mass is 35.5. The molecule has 130 valence electrons. The molecule has 1 aromatic carbocycles. The minimum absolute atomic E-state index is 0. The molecule has 7 heteroatoms. The second-order valence-corrected chi connectivity index (χ2v) is 6.44. The molecule has 23 heavy (non-hydrogen) atoms. The lowest BCUT2D eigenvalue weighted by molar-refractivity contribution is -0.134. The molecule has 1 saturated heterocycles. The molecule has 0 radical (unpaired) electrons. The fourth-order valence-electron chi connectivity index (χ4n) is 2.15. The summed E-state index contributed by atoms with van der Waals surface area (Å²) < 4.78 is 10.8. The Labute approximate surface area is 148 Å². The third kappa shape index (κ3) is 6.59. The van der Waals surface area contributed by atoms with Crippen LogP contribution in [0.25, 0.3) is 0 Å². The van der Waals surface area contributed by atoms with Crippen LogP contribution in [0.4, 0.5) is 0 Å². The van der Waals surface area contributed by atoms with E-state index in [4.69, 9.17) is 9.47 Å². The van der Waals surface area contributed by atoms with Crippen LogP contribution in [0.1, 0.15) is 6.92 Å². The molecule has 1 fully saturated rings. The van der Waals surface area contributed by atoms with E-state index in [1.165, 1.54) is 0 Å². The highest BCUT2D eigenvalue weighted by Gasteiger charge is 2.21. The number of benzene rings is 1. The second-order valence-electron chi connectivity index (χ2n) is 5.38. The molecule has 2 unspecified atom stereocenters. The molecule has 2 N–H and O–H groups in total. The van der Waals surface area contributed by atoms with Crippen molar-refractivity contribution >= 4 is 30.1 Å². The number of carbonyl (C=O) groups excluding carboxylic acids is 1. The minimum Gasteiger partial charge on any atom is -0.496 e. The first-order valence-electron chi connectivity index (χ1n) is 7.56. The van der Waals surface area contributed by atoms with Crippen molar-refractivity contribution in [1.82, 2.24) is 10.6 Å². The Kier molecular flexibility index (Phi) is 9.40. The van der Waals surface area contributed by atoms with Gasteiger partial charge in [0.2, 0.25) is 5.91 Å². The first kappa shape index (κ1) is 20.1. The molecular weight excluding hydrogens is 336 g/mol. The summed E-state index contributed by atoms with van der Waals surface area (Å²) in [6.45, 7) is 4.78.